The van der Waals surface area contributed by atoms with Crippen molar-refractivity contribution in [1.82, 2.24) is 0 Å². The van der Waals surface area contributed by atoms with E-state index >= 15 is 0 Å². The minimum absolute atomic E-state index is 0.0948. The summed E-state index contributed by atoms with van der Waals surface area (Å²) < 4.78 is 5.84. The van der Waals surface area contributed by atoms with Crippen LogP contribution in [0.5, 0.6) is 5.75 Å². The smallest absolute Gasteiger partial charge is 0.305 e. The molecule has 1 aliphatic heterocycles. The molecule has 0 spiro atoms. The van der Waals surface area contributed by atoms with Crippen molar-refractivity contribution in [2.75, 3.05) is 11.4 Å². The van der Waals surface area contributed by atoms with Crippen LogP contribution < -0.4 is 9.64 Å². The summed E-state index contributed by atoms with van der Waals surface area (Å²) in [5.74, 6) is -0.105. The maximum Gasteiger partial charge on any atom is 0.305 e. The molecule has 1 heterocycles. The Morgan fingerprint density at radius 1 is 1.19 bits per heavy atom. The Balaban J connectivity index is 1.95. The first-order chi connectivity index (χ1) is 12.8. The third kappa shape index (κ3) is 4.19. The van der Waals surface area contributed by atoms with Crippen molar-refractivity contribution in [2.24, 2.45) is 0 Å². The zero-order valence-corrected chi connectivity index (χ0v) is 15.7. The second-order valence-electron chi connectivity index (χ2n) is 7.00. The average molecular weight is 365 g/mol. The fraction of sp³-hybridized carbons (Fsp3) is 0.273. The lowest BCUT2D eigenvalue weighted by Gasteiger charge is -2.30. The second-order valence-corrected chi connectivity index (χ2v) is 7.00. The fourth-order valence-electron chi connectivity index (χ4n) is 2.98. The molecule has 0 aliphatic carbocycles. The van der Waals surface area contributed by atoms with E-state index in [-0.39, 0.29) is 24.6 Å². The monoisotopic (exact) mass is 365 g/mol. The molecule has 5 nitrogen and oxygen atoms in total. The van der Waals surface area contributed by atoms with E-state index in [9.17, 15) is 9.59 Å². The number of ether oxygens (including phenoxy) is 1. The second kappa shape index (κ2) is 7.66. The van der Waals surface area contributed by atoms with E-state index in [1.165, 1.54) is 10.5 Å². The number of carboxylic acids is 1. The summed E-state index contributed by atoms with van der Waals surface area (Å²) in [6, 6.07) is 13.5. The lowest BCUT2D eigenvalue weighted by atomic mass is 10.0. The van der Waals surface area contributed by atoms with Crippen molar-refractivity contribution in [2.45, 2.75) is 33.1 Å². The number of benzene rings is 2. The third-order valence-electron chi connectivity index (χ3n) is 4.53. The molecular weight excluding hydrogens is 342 g/mol. The van der Waals surface area contributed by atoms with Crippen LogP contribution in [0.25, 0.3) is 6.08 Å². The molecule has 2 aromatic carbocycles. The van der Waals surface area contributed by atoms with Gasteiger partial charge in [-0.1, -0.05) is 44.2 Å². The van der Waals surface area contributed by atoms with E-state index in [1.54, 1.807) is 12.1 Å². The Morgan fingerprint density at radius 2 is 1.89 bits per heavy atom. The quantitative estimate of drug-likeness (QED) is 0.800. The number of fused-ring (bicyclic) bond motifs is 1. The van der Waals surface area contributed by atoms with Gasteiger partial charge in [-0.3, -0.25) is 9.59 Å². The molecule has 0 unspecified atom stereocenters. The minimum Gasteiger partial charge on any atom is -0.481 e. The lowest BCUT2D eigenvalue weighted by molar-refractivity contribution is -0.136. The first-order valence-electron chi connectivity index (χ1n) is 8.99. The highest BCUT2D eigenvalue weighted by Gasteiger charge is 2.30. The SMILES string of the molecule is Cc1ccc2c(c1)N(CCC(=O)O)C(=O)/C(=C\c1ccc(C(C)C)cc1)O2. The number of hydrogen-bond acceptors (Lipinski definition) is 3. The van der Waals surface area contributed by atoms with Crippen molar-refractivity contribution in [1.29, 1.82) is 0 Å². The number of nitrogens with zero attached hydrogens (tertiary/aromatic N) is 1. The fourth-order valence-corrected chi connectivity index (χ4v) is 2.98. The molecule has 140 valence electrons. The molecule has 0 atom stereocenters. The number of amides is 1. The highest BCUT2D eigenvalue weighted by atomic mass is 16.5. The molecule has 1 aliphatic rings. The summed E-state index contributed by atoms with van der Waals surface area (Å²) in [6.07, 6.45) is 1.57. The van der Waals surface area contributed by atoms with Crippen LogP contribution in [-0.2, 0) is 9.59 Å². The van der Waals surface area contributed by atoms with Gasteiger partial charge in [-0.15, -0.1) is 0 Å². The van der Waals surface area contributed by atoms with E-state index in [1.807, 2.05) is 43.3 Å². The summed E-state index contributed by atoms with van der Waals surface area (Å²) in [5, 5.41) is 9.02. The van der Waals surface area contributed by atoms with Gasteiger partial charge in [-0.25, -0.2) is 0 Å². The van der Waals surface area contributed by atoms with E-state index < -0.39 is 5.97 Å². The maximum absolute atomic E-state index is 12.9. The Bertz CT molecular complexity index is 897. The summed E-state index contributed by atoms with van der Waals surface area (Å²) in [4.78, 5) is 25.4. The van der Waals surface area contributed by atoms with Gasteiger partial charge in [-0.2, -0.15) is 0 Å². The summed E-state index contributed by atoms with van der Waals surface area (Å²) >= 11 is 0. The molecule has 1 N–H and O–H groups in total. The Labute approximate surface area is 158 Å². The molecule has 0 bridgehead atoms. The zero-order chi connectivity index (χ0) is 19.6. The van der Waals surface area contributed by atoms with Crippen LogP contribution in [0.15, 0.2) is 48.2 Å². The van der Waals surface area contributed by atoms with Crippen LogP contribution in [-0.4, -0.2) is 23.5 Å². The Hall–Kier alpha value is -3.08. The minimum atomic E-state index is -0.946. The van der Waals surface area contributed by atoms with Gasteiger partial charge >= 0.3 is 5.97 Å². The van der Waals surface area contributed by atoms with Crippen LogP contribution in [0.3, 0.4) is 0 Å². The first-order valence-corrected chi connectivity index (χ1v) is 8.99. The molecule has 0 radical (unpaired) electrons. The topological polar surface area (TPSA) is 66.8 Å². The number of hydrogen-bond donors (Lipinski definition) is 1. The number of carbonyl (C=O) groups excluding carboxylic acids is 1. The standard InChI is InChI=1S/C22H23NO4/c1-14(2)17-7-5-16(6-8-17)13-20-22(26)23(11-10-21(24)25)18-12-15(3)4-9-19(18)27-20/h4-9,12-14H,10-11H2,1-3H3,(H,24,25)/b20-13+. The molecule has 0 saturated carbocycles. The van der Waals surface area contributed by atoms with E-state index in [2.05, 4.69) is 13.8 Å². The molecule has 5 heteroatoms. The largest absolute Gasteiger partial charge is 0.481 e. The van der Waals surface area contributed by atoms with Gasteiger partial charge in [0, 0.05) is 6.54 Å². The zero-order valence-electron chi connectivity index (χ0n) is 15.7. The van der Waals surface area contributed by atoms with Gasteiger partial charge in [0.1, 0.15) is 0 Å². The van der Waals surface area contributed by atoms with Gasteiger partial charge in [0.2, 0.25) is 0 Å². The molecule has 1 amide bonds. The lowest BCUT2D eigenvalue weighted by Crippen LogP contribution is -2.38. The van der Waals surface area contributed by atoms with Crippen molar-refractivity contribution in [3.63, 3.8) is 0 Å². The molecule has 27 heavy (non-hydrogen) atoms. The van der Waals surface area contributed by atoms with Crippen LogP contribution in [0.2, 0.25) is 0 Å². The normalized spacial score (nSPS) is 15.0. The number of rotatable bonds is 5. The van der Waals surface area contributed by atoms with Crippen molar-refractivity contribution in [3.05, 3.63) is 64.9 Å². The predicted octanol–water partition coefficient (Wildman–Crippen LogP) is 4.36. The molecule has 0 aromatic heterocycles. The summed E-state index contributed by atoms with van der Waals surface area (Å²) in [5.41, 5.74) is 3.66. The Kier molecular flexibility index (Phi) is 5.31. The molecule has 2 aromatic rings. The first kappa shape index (κ1) is 18.7. The van der Waals surface area contributed by atoms with Crippen LogP contribution >= 0.6 is 0 Å². The van der Waals surface area contributed by atoms with Crippen molar-refractivity contribution >= 4 is 23.6 Å². The molecule has 0 saturated heterocycles. The van der Waals surface area contributed by atoms with Crippen molar-refractivity contribution < 1.29 is 19.4 Å². The van der Waals surface area contributed by atoms with Crippen LogP contribution in [0, 0.1) is 6.92 Å². The highest BCUT2D eigenvalue weighted by molar-refractivity contribution is 6.10. The predicted molar refractivity (Wildman–Crippen MR) is 105 cm³/mol. The van der Waals surface area contributed by atoms with Gasteiger partial charge < -0.3 is 14.7 Å². The average Bonchev–Trinajstić information content (AvgIpc) is 2.62. The number of aryl methyl sites for hydroxylation is 1. The van der Waals surface area contributed by atoms with Gasteiger partial charge in [0.05, 0.1) is 12.1 Å². The molecular formula is C22H23NO4. The van der Waals surface area contributed by atoms with E-state index in [0.29, 0.717) is 17.4 Å². The van der Waals surface area contributed by atoms with Gasteiger partial charge in [0.25, 0.3) is 5.91 Å². The summed E-state index contributed by atoms with van der Waals surface area (Å²) in [6.45, 7) is 6.26. The van der Waals surface area contributed by atoms with Crippen molar-refractivity contribution in [3.8, 4) is 5.75 Å². The molecule has 3 rings (SSSR count). The highest BCUT2D eigenvalue weighted by Crippen LogP contribution is 2.36. The Morgan fingerprint density at radius 3 is 2.52 bits per heavy atom. The number of carbonyl (C=O) groups is 2. The number of anilines is 1. The summed E-state index contributed by atoms with van der Waals surface area (Å²) in [7, 11) is 0. The number of carboxylic acid groups (broad SMARTS) is 1. The van der Waals surface area contributed by atoms with Gasteiger partial charge in [0.15, 0.2) is 11.5 Å². The van der Waals surface area contributed by atoms with Crippen LogP contribution in [0.4, 0.5) is 5.69 Å². The molecule has 0 fully saturated rings. The van der Waals surface area contributed by atoms with Gasteiger partial charge in [-0.05, 0) is 47.7 Å². The third-order valence-corrected chi connectivity index (χ3v) is 4.53. The number of aliphatic carboxylic acids is 1. The van der Waals surface area contributed by atoms with E-state index in [0.717, 1.165) is 11.1 Å². The van der Waals surface area contributed by atoms with E-state index in [4.69, 9.17) is 9.84 Å². The maximum atomic E-state index is 12.9. The van der Waals surface area contributed by atoms with Crippen LogP contribution in [0.1, 0.15) is 42.9 Å².